The molecule has 0 aliphatic rings. The monoisotopic (exact) mass is 328 g/mol. The Morgan fingerprint density at radius 2 is 2.00 bits per heavy atom. The third-order valence-corrected chi connectivity index (χ3v) is 3.91. The zero-order valence-corrected chi connectivity index (χ0v) is 14.3. The number of halogens is 2. The van der Waals surface area contributed by atoms with E-state index in [4.69, 9.17) is 27.9 Å². The van der Waals surface area contributed by atoms with Crippen LogP contribution in [-0.4, -0.2) is 22.8 Å². The molecule has 0 aliphatic heterocycles. The second-order valence-electron chi connectivity index (χ2n) is 5.64. The lowest BCUT2D eigenvalue weighted by Crippen LogP contribution is -2.11. The van der Waals surface area contributed by atoms with Crippen molar-refractivity contribution in [2.75, 3.05) is 13.2 Å². The zero-order valence-electron chi connectivity index (χ0n) is 12.8. The van der Waals surface area contributed by atoms with E-state index in [1.54, 1.807) is 0 Å². The Hall–Kier alpha value is -0.770. The lowest BCUT2D eigenvalue weighted by molar-refractivity contribution is 0.116. The number of aromatic nitrogens is 2. The molecule has 0 saturated carbocycles. The fraction of sp³-hybridized carbons (Fsp3) is 0.562. The van der Waals surface area contributed by atoms with E-state index < -0.39 is 0 Å². The molecule has 2 rings (SSSR count). The van der Waals surface area contributed by atoms with Gasteiger partial charge < -0.3 is 9.30 Å². The Bertz CT molecular complexity index is 593. The Kier molecular flexibility index (Phi) is 5.91. The molecule has 0 spiro atoms. The van der Waals surface area contributed by atoms with Crippen molar-refractivity contribution in [1.29, 1.82) is 0 Å². The molecule has 0 fully saturated rings. The molecule has 3 nitrogen and oxygen atoms in total. The number of ether oxygens (including phenoxy) is 1. The van der Waals surface area contributed by atoms with Crippen LogP contribution >= 0.6 is 23.2 Å². The van der Waals surface area contributed by atoms with Crippen molar-refractivity contribution in [3.63, 3.8) is 0 Å². The van der Waals surface area contributed by atoms with Crippen LogP contribution in [0.15, 0.2) is 18.2 Å². The third kappa shape index (κ3) is 4.12. The highest BCUT2D eigenvalue weighted by Crippen LogP contribution is 2.28. The fourth-order valence-electron chi connectivity index (χ4n) is 2.25. The summed E-state index contributed by atoms with van der Waals surface area (Å²) >= 11 is 12.5. The van der Waals surface area contributed by atoms with E-state index in [-0.39, 0.29) is 5.38 Å². The molecule has 2 aromatic rings. The quantitative estimate of drug-likeness (QED) is 0.525. The van der Waals surface area contributed by atoms with Crippen LogP contribution in [0, 0.1) is 5.92 Å². The molecule has 1 unspecified atom stereocenters. The van der Waals surface area contributed by atoms with Gasteiger partial charge in [-0.25, -0.2) is 4.98 Å². The van der Waals surface area contributed by atoms with E-state index >= 15 is 0 Å². The van der Waals surface area contributed by atoms with Crippen molar-refractivity contribution in [3.8, 4) is 0 Å². The maximum Gasteiger partial charge on any atom is 0.127 e. The van der Waals surface area contributed by atoms with E-state index in [9.17, 15) is 0 Å². The van der Waals surface area contributed by atoms with Crippen LogP contribution in [0.25, 0.3) is 11.0 Å². The highest BCUT2D eigenvalue weighted by Gasteiger charge is 2.16. The molecule has 1 aromatic heterocycles. The molecule has 0 saturated heterocycles. The van der Waals surface area contributed by atoms with E-state index in [0.29, 0.717) is 17.5 Å². The van der Waals surface area contributed by atoms with Crippen molar-refractivity contribution in [3.05, 3.63) is 29.0 Å². The molecule has 5 heteroatoms. The summed E-state index contributed by atoms with van der Waals surface area (Å²) < 4.78 is 7.81. The van der Waals surface area contributed by atoms with Gasteiger partial charge in [0, 0.05) is 13.2 Å². The lowest BCUT2D eigenvalue weighted by Gasteiger charge is -2.11. The van der Waals surface area contributed by atoms with Crippen molar-refractivity contribution < 1.29 is 4.74 Å². The summed E-state index contributed by atoms with van der Waals surface area (Å²) in [5, 5.41) is 0.495. The average molecular weight is 329 g/mol. The molecular formula is C16H22Cl2N2O. The van der Waals surface area contributed by atoms with E-state index in [1.807, 2.05) is 25.1 Å². The Morgan fingerprint density at radius 3 is 2.67 bits per heavy atom. The summed E-state index contributed by atoms with van der Waals surface area (Å²) in [5.74, 6) is 1.50. The second-order valence-corrected chi connectivity index (χ2v) is 6.70. The van der Waals surface area contributed by atoms with Gasteiger partial charge in [0.15, 0.2) is 0 Å². The van der Waals surface area contributed by atoms with Crippen LogP contribution in [0.1, 0.15) is 38.4 Å². The van der Waals surface area contributed by atoms with E-state index in [1.165, 1.54) is 0 Å². The number of fused-ring (bicyclic) bond motifs is 1. The van der Waals surface area contributed by atoms with Crippen molar-refractivity contribution in [1.82, 2.24) is 9.55 Å². The number of para-hydroxylation sites is 1. The molecule has 0 bridgehead atoms. The maximum absolute atomic E-state index is 6.25. The van der Waals surface area contributed by atoms with Gasteiger partial charge in [-0.15, -0.1) is 11.6 Å². The van der Waals surface area contributed by atoms with Crippen LogP contribution in [0.2, 0.25) is 5.02 Å². The minimum atomic E-state index is -0.163. The van der Waals surface area contributed by atoms with Gasteiger partial charge in [-0.1, -0.05) is 31.5 Å². The topological polar surface area (TPSA) is 27.1 Å². The van der Waals surface area contributed by atoms with Gasteiger partial charge in [-0.2, -0.15) is 0 Å². The summed E-state index contributed by atoms with van der Waals surface area (Å²) in [6, 6.07) is 5.80. The van der Waals surface area contributed by atoms with Crippen LogP contribution in [0.4, 0.5) is 0 Å². The van der Waals surface area contributed by atoms with Crippen LogP contribution in [0.5, 0.6) is 0 Å². The SMILES string of the molecule is CC(C)CCOCCn1c(C(C)Cl)nc2c(Cl)cccc21. The summed E-state index contributed by atoms with van der Waals surface area (Å²) in [4.78, 5) is 4.58. The van der Waals surface area contributed by atoms with Gasteiger partial charge in [-0.3, -0.25) is 0 Å². The van der Waals surface area contributed by atoms with E-state index in [2.05, 4.69) is 23.4 Å². The molecular weight excluding hydrogens is 307 g/mol. The average Bonchev–Trinajstić information content (AvgIpc) is 2.79. The number of benzene rings is 1. The summed E-state index contributed by atoms with van der Waals surface area (Å²) in [7, 11) is 0. The Labute approximate surface area is 136 Å². The second kappa shape index (κ2) is 7.48. The smallest absolute Gasteiger partial charge is 0.127 e. The van der Waals surface area contributed by atoms with Gasteiger partial charge >= 0.3 is 0 Å². The van der Waals surface area contributed by atoms with Crippen LogP contribution in [0.3, 0.4) is 0 Å². The summed E-state index contributed by atoms with van der Waals surface area (Å²) in [5.41, 5.74) is 1.82. The van der Waals surface area contributed by atoms with Gasteiger partial charge in [-0.05, 0) is 31.4 Å². The molecule has 21 heavy (non-hydrogen) atoms. The minimum Gasteiger partial charge on any atom is -0.380 e. The number of hydrogen-bond donors (Lipinski definition) is 0. The molecule has 0 aliphatic carbocycles. The first kappa shape index (κ1) is 16.6. The largest absolute Gasteiger partial charge is 0.380 e. The highest BCUT2D eigenvalue weighted by molar-refractivity contribution is 6.35. The van der Waals surface area contributed by atoms with Gasteiger partial charge in [0.2, 0.25) is 0 Å². The minimum absolute atomic E-state index is 0.163. The number of rotatable bonds is 7. The molecule has 0 radical (unpaired) electrons. The molecule has 0 N–H and O–H groups in total. The fourth-order valence-corrected chi connectivity index (χ4v) is 2.62. The number of nitrogens with zero attached hydrogens (tertiary/aromatic N) is 2. The third-order valence-electron chi connectivity index (χ3n) is 3.41. The first-order chi connectivity index (χ1) is 10.0. The molecule has 116 valence electrons. The lowest BCUT2D eigenvalue weighted by atomic mass is 10.1. The van der Waals surface area contributed by atoms with Crippen molar-refractivity contribution in [2.45, 2.75) is 39.1 Å². The van der Waals surface area contributed by atoms with Crippen LogP contribution in [-0.2, 0) is 11.3 Å². The maximum atomic E-state index is 6.25. The first-order valence-electron chi connectivity index (χ1n) is 7.37. The number of hydrogen-bond acceptors (Lipinski definition) is 2. The predicted molar refractivity (Wildman–Crippen MR) is 89.3 cm³/mol. The Morgan fingerprint density at radius 1 is 1.24 bits per heavy atom. The van der Waals surface area contributed by atoms with Gasteiger partial charge in [0.1, 0.15) is 11.3 Å². The first-order valence-corrected chi connectivity index (χ1v) is 8.18. The molecule has 1 heterocycles. The Balaban J connectivity index is 2.13. The molecule has 1 atom stereocenters. The molecule has 0 amide bonds. The van der Waals surface area contributed by atoms with Crippen LogP contribution < -0.4 is 0 Å². The van der Waals surface area contributed by atoms with Crippen molar-refractivity contribution in [2.24, 2.45) is 5.92 Å². The number of imidazole rings is 1. The summed E-state index contributed by atoms with van der Waals surface area (Å²) in [6.45, 7) is 8.50. The van der Waals surface area contributed by atoms with E-state index in [0.717, 1.165) is 36.4 Å². The van der Waals surface area contributed by atoms with Gasteiger partial charge in [0.05, 0.1) is 22.5 Å². The standard InChI is InChI=1S/C16H22Cl2N2O/c1-11(2)7-9-21-10-8-20-14-6-4-5-13(18)15(14)19-16(20)12(3)17/h4-6,11-12H,7-10H2,1-3H3. The van der Waals surface area contributed by atoms with Crippen molar-refractivity contribution >= 4 is 34.2 Å². The number of alkyl halides is 1. The predicted octanol–water partition coefficient (Wildman–Crippen LogP) is 5.05. The molecule has 1 aromatic carbocycles. The summed E-state index contributed by atoms with van der Waals surface area (Å²) in [6.07, 6.45) is 1.08. The highest BCUT2D eigenvalue weighted by atomic mass is 35.5. The van der Waals surface area contributed by atoms with Gasteiger partial charge in [0.25, 0.3) is 0 Å². The zero-order chi connectivity index (χ0) is 15.4. The normalized spacial score (nSPS) is 13.2.